The van der Waals surface area contributed by atoms with Gasteiger partial charge in [-0.3, -0.25) is 4.79 Å². The molecule has 0 radical (unpaired) electrons. The number of ether oxygens (including phenoxy) is 5. The Bertz CT molecular complexity index is 1210. The van der Waals surface area contributed by atoms with Crippen molar-refractivity contribution in [1.29, 1.82) is 0 Å². The summed E-state index contributed by atoms with van der Waals surface area (Å²) >= 11 is 0. The molecule has 0 amide bonds. The fourth-order valence-electron chi connectivity index (χ4n) is 3.64. The molecular weight excluding hydrogens is 396 g/mol. The van der Waals surface area contributed by atoms with E-state index in [-0.39, 0.29) is 18.3 Å². The predicted molar refractivity (Wildman–Crippen MR) is 114 cm³/mol. The molecule has 0 atom stereocenters. The van der Waals surface area contributed by atoms with Gasteiger partial charge in [0.05, 0.1) is 12.7 Å². The Morgan fingerprint density at radius 2 is 1.84 bits per heavy atom. The van der Waals surface area contributed by atoms with Crippen LogP contribution in [0.2, 0.25) is 0 Å². The number of carbonyl (C=O) groups excluding carboxylic acids is 1. The van der Waals surface area contributed by atoms with Crippen molar-refractivity contribution in [1.82, 2.24) is 0 Å². The second kappa shape index (κ2) is 7.72. The molecule has 6 heteroatoms. The van der Waals surface area contributed by atoms with E-state index in [0.29, 0.717) is 35.2 Å². The number of methoxy groups -OCH3 is 1. The van der Waals surface area contributed by atoms with Gasteiger partial charge in [-0.2, -0.15) is 0 Å². The third-order valence-corrected chi connectivity index (χ3v) is 5.18. The summed E-state index contributed by atoms with van der Waals surface area (Å²) in [7, 11) is 1.63. The van der Waals surface area contributed by atoms with Gasteiger partial charge in [0.2, 0.25) is 12.6 Å². The topological polar surface area (TPSA) is 63.2 Å². The van der Waals surface area contributed by atoms with E-state index in [4.69, 9.17) is 23.7 Å². The van der Waals surface area contributed by atoms with E-state index in [1.165, 1.54) is 0 Å². The van der Waals surface area contributed by atoms with Crippen LogP contribution in [0.3, 0.4) is 0 Å². The van der Waals surface area contributed by atoms with E-state index in [1.54, 1.807) is 19.3 Å². The van der Waals surface area contributed by atoms with Crippen molar-refractivity contribution < 1.29 is 28.5 Å². The zero-order valence-corrected chi connectivity index (χ0v) is 17.1. The molecule has 156 valence electrons. The van der Waals surface area contributed by atoms with Crippen LogP contribution in [-0.2, 0) is 6.61 Å². The molecule has 6 nitrogen and oxygen atoms in total. The Balaban J connectivity index is 1.36. The highest BCUT2D eigenvalue weighted by atomic mass is 16.7. The van der Waals surface area contributed by atoms with Crippen LogP contribution in [0, 0.1) is 6.92 Å². The average Bonchev–Trinajstić information content (AvgIpc) is 3.36. The van der Waals surface area contributed by atoms with Gasteiger partial charge in [0.25, 0.3) is 0 Å². The van der Waals surface area contributed by atoms with Crippen LogP contribution in [0.15, 0.2) is 60.4 Å². The number of benzene rings is 3. The maximum atomic E-state index is 12.9. The van der Waals surface area contributed by atoms with Crippen molar-refractivity contribution in [3.63, 3.8) is 0 Å². The van der Waals surface area contributed by atoms with E-state index >= 15 is 0 Å². The van der Waals surface area contributed by atoms with Crippen LogP contribution in [0.5, 0.6) is 28.7 Å². The van der Waals surface area contributed by atoms with Crippen LogP contribution in [0.1, 0.15) is 27.0 Å². The van der Waals surface area contributed by atoms with Crippen LogP contribution >= 0.6 is 0 Å². The minimum atomic E-state index is -0.149. The van der Waals surface area contributed by atoms with Crippen LogP contribution in [0.4, 0.5) is 0 Å². The summed E-state index contributed by atoms with van der Waals surface area (Å²) < 4.78 is 27.8. The number of hydrogen-bond acceptors (Lipinski definition) is 6. The molecule has 5 rings (SSSR count). The van der Waals surface area contributed by atoms with E-state index in [1.807, 2.05) is 55.5 Å². The van der Waals surface area contributed by atoms with Crippen molar-refractivity contribution >= 4 is 11.9 Å². The summed E-state index contributed by atoms with van der Waals surface area (Å²) in [5, 5.41) is 0. The second-order valence-corrected chi connectivity index (χ2v) is 7.31. The van der Waals surface area contributed by atoms with Crippen molar-refractivity contribution in [2.45, 2.75) is 13.5 Å². The van der Waals surface area contributed by atoms with Crippen molar-refractivity contribution in [3.8, 4) is 28.7 Å². The summed E-state index contributed by atoms with van der Waals surface area (Å²) in [4.78, 5) is 12.9. The van der Waals surface area contributed by atoms with Gasteiger partial charge in [0.15, 0.2) is 17.3 Å². The molecule has 0 aromatic heterocycles. The number of ketones is 1. The number of aryl methyl sites for hydroxylation is 1. The monoisotopic (exact) mass is 416 g/mol. The molecular formula is C25H20O6. The zero-order valence-electron chi connectivity index (χ0n) is 17.1. The Hall–Kier alpha value is -3.93. The summed E-state index contributed by atoms with van der Waals surface area (Å²) in [5.41, 5.74) is 3.14. The lowest BCUT2D eigenvalue weighted by molar-refractivity contribution is 0.101. The number of hydrogen-bond donors (Lipinski definition) is 0. The van der Waals surface area contributed by atoms with Gasteiger partial charge in [-0.15, -0.1) is 0 Å². The molecule has 2 aliphatic heterocycles. The molecule has 2 aliphatic rings. The van der Waals surface area contributed by atoms with Crippen LogP contribution < -0.4 is 23.7 Å². The Morgan fingerprint density at radius 3 is 2.71 bits per heavy atom. The molecule has 31 heavy (non-hydrogen) atoms. The van der Waals surface area contributed by atoms with Crippen molar-refractivity contribution in [3.05, 3.63) is 82.6 Å². The molecule has 2 heterocycles. The quantitative estimate of drug-likeness (QED) is 0.550. The fraction of sp³-hybridized carbons (Fsp3) is 0.160. The molecule has 0 aliphatic carbocycles. The fourth-order valence-corrected chi connectivity index (χ4v) is 3.64. The highest BCUT2D eigenvalue weighted by Crippen LogP contribution is 2.39. The van der Waals surface area contributed by atoms with Gasteiger partial charge in [0, 0.05) is 6.07 Å². The normalized spacial score (nSPS) is 15.0. The number of rotatable bonds is 5. The maximum absolute atomic E-state index is 12.9. The van der Waals surface area contributed by atoms with E-state index in [9.17, 15) is 4.79 Å². The molecule has 0 N–H and O–H groups in total. The minimum Gasteiger partial charge on any atom is -0.497 e. The van der Waals surface area contributed by atoms with E-state index in [0.717, 1.165) is 22.4 Å². The first kappa shape index (κ1) is 19.1. The predicted octanol–water partition coefficient (Wildman–Crippen LogP) is 4.93. The van der Waals surface area contributed by atoms with E-state index in [2.05, 4.69) is 0 Å². The lowest BCUT2D eigenvalue weighted by Crippen LogP contribution is -2.00. The lowest BCUT2D eigenvalue weighted by atomic mass is 10.0. The standard InChI is InChI=1S/C25H20O6/c1-15-8-19(28-13-17-4-3-5-18(9-17)27-2)12-22-24(15)25(26)23(31-22)11-16-6-7-20-21(10-16)30-14-29-20/h3-12H,13-14H2,1-2H3/b23-11-. The largest absolute Gasteiger partial charge is 0.497 e. The molecule has 0 saturated heterocycles. The third kappa shape index (κ3) is 3.68. The molecule has 3 aromatic rings. The molecule has 0 fully saturated rings. The van der Waals surface area contributed by atoms with Gasteiger partial charge in [-0.1, -0.05) is 18.2 Å². The maximum Gasteiger partial charge on any atom is 0.232 e. The van der Waals surface area contributed by atoms with Gasteiger partial charge < -0.3 is 23.7 Å². The Kier molecular flexibility index (Phi) is 4.75. The first-order valence-corrected chi connectivity index (χ1v) is 9.85. The molecule has 0 saturated carbocycles. The summed E-state index contributed by atoms with van der Waals surface area (Å²) in [6.07, 6.45) is 1.71. The zero-order chi connectivity index (χ0) is 21.4. The minimum absolute atomic E-state index is 0.149. The van der Waals surface area contributed by atoms with Crippen LogP contribution in [-0.4, -0.2) is 19.7 Å². The summed E-state index contributed by atoms with van der Waals surface area (Å²) in [5.74, 6) is 3.37. The molecule has 3 aromatic carbocycles. The summed E-state index contributed by atoms with van der Waals surface area (Å²) in [6.45, 7) is 2.46. The average molecular weight is 416 g/mol. The van der Waals surface area contributed by atoms with Gasteiger partial charge >= 0.3 is 0 Å². The lowest BCUT2D eigenvalue weighted by Gasteiger charge is -2.10. The van der Waals surface area contributed by atoms with E-state index < -0.39 is 0 Å². The first-order chi connectivity index (χ1) is 15.1. The SMILES string of the molecule is COc1cccc(COc2cc(C)c3c(c2)O/C(=C\c2ccc4c(c2)OCO4)C3=O)c1. The van der Waals surface area contributed by atoms with Gasteiger partial charge in [-0.25, -0.2) is 0 Å². The molecule has 0 unspecified atom stereocenters. The Morgan fingerprint density at radius 1 is 0.968 bits per heavy atom. The first-order valence-electron chi connectivity index (χ1n) is 9.85. The Labute approximate surface area is 179 Å². The number of fused-ring (bicyclic) bond motifs is 2. The third-order valence-electron chi connectivity index (χ3n) is 5.18. The second-order valence-electron chi connectivity index (χ2n) is 7.31. The van der Waals surface area contributed by atoms with Crippen molar-refractivity contribution in [2.24, 2.45) is 0 Å². The van der Waals surface area contributed by atoms with Gasteiger partial charge in [-0.05, 0) is 60.0 Å². The highest BCUT2D eigenvalue weighted by molar-refractivity contribution is 6.15. The molecule has 0 spiro atoms. The highest BCUT2D eigenvalue weighted by Gasteiger charge is 2.30. The summed E-state index contributed by atoms with van der Waals surface area (Å²) in [6, 6.07) is 16.8. The van der Waals surface area contributed by atoms with Crippen molar-refractivity contribution in [2.75, 3.05) is 13.9 Å². The van der Waals surface area contributed by atoms with Gasteiger partial charge in [0.1, 0.15) is 23.9 Å². The number of allylic oxidation sites excluding steroid dienone is 1. The number of carbonyl (C=O) groups is 1. The number of Topliss-reactive ketones (excluding diaryl/α,β-unsaturated/α-hetero) is 1. The smallest absolute Gasteiger partial charge is 0.232 e. The molecule has 0 bridgehead atoms. The van der Waals surface area contributed by atoms with Crippen LogP contribution in [0.25, 0.3) is 6.08 Å².